The number of nitrogens with one attached hydrogen (secondary N) is 2. The first-order valence-corrected chi connectivity index (χ1v) is 11.8. The summed E-state index contributed by atoms with van der Waals surface area (Å²) in [5.41, 5.74) is 3.19. The van der Waals surface area contributed by atoms with Crippen molar-refractivity contribution in [3.8, 4) is 0 Å². The number of amides is 5. The van der Waals surface area contributed by atoms with E-state index in [2.05, 4.69) is 20.6 Å². The van der Waals surface area contributed by atoms with E-state index in [1.54, 1.807) is 13.8 Å². The second kappa shape index (κ2) is 11.8. The molecular formula is C25H26Cl2N6O3. The Morgan fingerprint density at radius 2 is 1.53 bits per heavy atom. The molecule has 4 rings (SSSR count). The zero-order valence-corrected chi connectivity index (χ0v) is 21.8. The van der Waals surface area contributed by atoms with Crippen LogP contribution in [0.2, 0.25) is 10.0 Å². The van der Waals surface area contributed by atoms with Gasteiger partial charge in [-0.05, 0) is 64.1 Å². The van der Waals surface area contributed by atoms with Gasteiger partial charge < -0.3 is 10.6 Å². The zero-order chi connectivity index (χ0) is 26.4. The summed E-state index contributed by atoms with van der Waals surface area (Å²) in [5.74, 6) is 0.135. The van der Waals surface area contributed by atoms with E-state index >= 15 is 0 Å². The maximum atomic E-state index is 12.2. The Kier molecular flexibility index (Phi) is 8.84. The van der Waals surface area contributed by atoms with Crippen LogP contribution in [0.5, 0.6) is 0 Å². The summed E-state index contributed by atoms with van der Waals surface area (Å²) in [4.78, 5) is 46.5. The van der Waals surface area contributed by atoms with Crippen LogP contribution in [-0.2, 0) is 4.79 Å². The molecule has 2 aromatic carbocycles. The average Bonchev–Trinajstić information content (AvgIpc) is 3.07. The molecule has 0 spiro atoms. The molecule has 188 valence electrons. The molecule has 1 aliphatic heterocycles. The Morgan fingerprint density at radius 1 is 0.944 bits per heavy atom. The molecule has 0 aliphatic carbocycles. The van der Waals surface area contributed by atoms with Gasteiger partial charge in [-0.1, -0.05) is 41.4 Å². The minimum Gasteiger partial charge on any atom is -0.335 e. The molecule has 3 aromatic rings. The fraction of sp³-hybridized carbons (Fsp3) is 0.240. The Hall–Kier alpha value is -3.69. The minimum absolute atomic E-state index is 0.143. The number of carbonyl (C=O) groups excluding carboxylic acids is 3. The molecule has 1 aliphatic rings. The second-order valence-electron chi connectivity index (χ2n) is 8.30. The van der Waals surface area contributed by atoms with E-state index in [0.29, 0.717) is 16.0 Å². The number of carbonyl (C=O) groups is 3. The number of urea groups is 2. The predicted octanol–water partition coefficient (Wildman–Crippen LogP) is 5.72. The molecule has 0 bridgehead atoms. The first-order valence-electron chi connectivity index (χ1n) is 11.1. The molecule has 2 heterocycles. The number of halogens is 2. The van der Waals surface area contributed by atoms with Gasteiger partial charge in [-0.15, -0.1) is 0 Å². The normalized spacial score (nSPS) is 13.0. The molecule has 0 saturated carbocycles. The number of hydrogen-bond acceptors (Lipinski definition) is 6. The molecule has 2 N–H and O–H groups in total. The van der Waals surface area contributed by atoms with Crippen molar-refractivity contribution in [1.29, 1.82) is 0 Å². The molecule has 0 atom stereocenters. The van der Waals surface area contributed by atoms with Gasteiger partial charge in [0.15, 0.2) is 0 Å². The SMILES string of the molecule is CC(C)NC(=O)N1CC(=O)N(c2cc(Cl)cc(Cl)c2)C1=O.Cc1cc(C)nc(Nc2ccccc2)n1. The first kappa shape index (κ1) is 26.9. The molecule has 0 radical (unpaired) electrons. The van der Waals surface area contributed by atoms with Crippen molar-refractivity contribution in [3.05, 3.63) is 76.0 Å². The number of benzene rings is 2. The zero-order valence-electron chi connectivity index (χ0n) is 20.3. The third-order valence-electron chi connectivity index (χ3n) is 4.74. The van der Waals surface area contributed by atoms with Crippen LogP contribution in [0.1, 0.15) is 25.2 Å². The molecule has 5 amide bonds. The van der Waals surface area contributed by atoms with Gasteiger partial charge >= 0.3 is 12.1 Å². The summed E-state index contributed by atoms with van der Waals surface area (Å²) >= 11 is 11.7. The predicted molar refractivity (Wildman–Crippen MR) is 141 cm³/mol. The van der Waals surface area contributed by atoms with E-state index in [1.807, 2.05) is 50.2 Å². The summed E-state index contributed by atoms with van der Waals surface area (Å²) in [6, 6.07) is 14.7. The maximum Gasteiger partial charge on any atom is 0.340 e. The lowest BCUT2D eigenvalue weighted by Gasteiger charge is -2.18. The van der Waals surface area contributed by atoms with E-state index in [1.165, 1.54) is 18.2 Å². The Morgan fingerprint density at radius 3 is 2.08 bits per heavy atom. The highest BCUT2D eigenvalue weighted by Crippen LogP contribution is 2.28. The lowest BCUT2D eigenvalue weighted by molar-refractivity contribution is -0.116. The van der Waals surface area contributed by atoms with Crippen molar-refractivity contribution in [2.75, 3.05) is 16.8 Å². The van der Waals surface area contributed by atoms with Crippen molar-refractivity contribution in [1.82, 2.24) is 20.2 Å². The van der Waals surface area contributed by atoms with Crippen LogP contribution >= 0.6 is 23.2 Å². The third-order valence-corrected chi connectivity index (χ3v) is 5.18. The van der Waals surface area contributed by atoms with Crippen LogP contribution in [0.15, 0.2) is 54.6 Å². The average molecular weight is 529 g/mol. The first-order chi connectivity index (χ1) is 17.0. The van der Waals surface area contributed by atoms with Crippen LogP contribution in [0.25, 0.3) is 0 Å². The number of para-hydroxylation sites is 1. The smallest absolute Gasteiger partial charge is 0.335 e. The summed E-state index contributed by atoms with van der Waals surface area (Å²) in [6.45, 7) is 7.13. The van der Waals surface area contributed by atoms with E-state index in [-0.39, 0.29) is 18.3 Å². The highest BCUT2D eigenvalue weighted by Gasteiger charge is 2.41. The van der Waals surface area contributed by atoms with Crippen molar-refractivity contribution in [3.63, 3.8) is 0 Å². The molecule has 9 nitrogen and oxygen atoms in total. The molecule has 1 fully saturated rings. The standard InChI is InChI=1S/C13H13Cl2N3O3.C12H13N3/c1-7(2)16-12(20)17-6-11(19)18(13(17)21)10-4-8(14)3-9(15)5-10;1-9-8-10(2)14-12(13-9)15-11-6-4-3-5-7-11/h3-5,7H,6H2,1-2H3,(H,16,20);3-8H,1-2H3,(H,13,14,15). The van der Waals surface area contributed by atoms with E-state index in [0.717, 1.165) is 26.9 Å². The number of aryl methyl sites for hydroxylation is 2. The van der Waals surface area contributed by atoms with Gasteiger partial charge in [0.2, 0.25) is 5.95 Å². The maximum absolute atomic E-state index is 12.2. The van der Waals surface area contributed by atoms with Gasteiger partial charge in [-0.25, -0.2) is 29.4 Å². The molecule has 11 heteroatoms. The van der Waals surface area contributed by atoms with Crippen LogP contribution in [0, 0.1) is 13.8 Å². The summed E-state index contributed by atoms with van der Waals surface area (Å²) in [7, 11) is 0. The Bertz CT molecular complexity index is 1230. The Balaban J connectivity index is 0.000000212. The van der Waals surface area contributed by atoms with E-state index < -0.39 is 18.0 Å². The van der Waals surface area contributed by atoms with Crippen molar-refractivity contribution >= 4 is 58.5 Å². The van der Waals surface area contributed by atoms with Gasteiger partial charge in [0.1, 0.15) is 6.54 Å². The fourth-order valence-corrected chi connectivity index (χ4v) is 3.85. The third kappa shape index (κ3) is 7.16. The molecule has 36 heavy (non-hydrogen) atoms. The van der Waals surface area contributed by atoms with Crippen LogP contribution in [-0.4, -0.2) is 45.4 Å². The lowest BCUT2D eigenvalue weighted by atomic mass is 10.3. The van der Waals surface area contributed by atoms with Crippen molar-refractivity contribution < 1.29 is 14.4 Å². The van der Waals surface area contributed by atoms with Gasteiger partial charge in [0.25, 0.3) is 5.91 Å². The van der Waals surface area contributed by atoms with Crippen LogP contribution < -0.4 is 15.5 Å². The van der Waals surface area contributed by atoms with Gasteiger partial charge in [-0.2, -0.15) is 0 Å². The molecular weight excluding hydrogens is 503 g/mol. The highest BCUT2D eigenvalue weighted by atomic mass is 35.5. The van der Waals surface area contributed by atoms with Crippen molar-refractivity contribution in [2.24, 2.45) is 0 Å². The van der Waals surface area contributed by atoms with Gasteiger partial charge in [0, 0.05) is 33.2 Å². The number of anilines is 3. The van der Waals surface area contributed by atoms with E-state index in [9.17, 15) is 14.4 Å². The molecule has 1 aromatic heterocycles. The quantitative estimate of drug-likeness (QED) is 0.419. The summed E-state index contributed by atoms with van der Waals surface area (Å²) in [5, 5.41) is 6.32. The number of rotatable bonds is 4. The topological polar surface area (TPSA) is 108 Å². The lowest BCUT2D eigenvalue weighted by Crippen LogP contribution is -2.45. The van der Waals surface area contributed by atoms with E-state index in [4.69, 9.17) is 23.2 Å². The highest BCUT2D eigenvalue weighted by molar-refractivity contribution is 6.35. The van der Waals surface area contributed by atoms with Crippen molar-refractivity contribution in [2.45, 2.75) is 33.7 Å². The summed E-state index contributed by atoms with van der Waals surface area (Å²) in [6.07, 6.45) is 0. The van der Waals surface area contributed by atoms with Gasteiger partial charge in [-0.3, -0.25) is 4.79 Å². The molecule has 0 unspecified atom stereocenters. The van der Waals surface area contributed by atoms with Crippen LogP contribution in [0.3, 0.4) is 0 Å². The van der Waals surface area contributed by atoms with Gasteiger partial charge in [0.05, 0.1) is 5.69 Å². The van der Waals surface area contributed by atoms with Crippen LogP contribution in [0.4, 0.5) is 26.9 Å². The fourth-order valence-electron chi connectivity index (χ4n) is 3.34. The summed E-state index contributed by atoms with van der Waals surface area (Å²) < 4.78 is 0. The number of nitrogens with zero attached hydrogens (tertiary/aromatic N) is 4. The monoisotopic (exact) mass is 528 g/mol. The number of aromatic nitrogens is 2. The largest absolute Gasteiger partial charge is 0.340 e. The second-order valence-corrected chi connectivity index (χ2v) is 9.17. The Labute approximate surface area is 219 Å². The number of hydrogen-bond donors (Lipinski definition) is 2. The molecule has 1 saturated heterocycles. The minimum atomic E-state index is -0.725. The number of imide groups is 2.